The van der Waals surface area contributed by atoms with Gasteiger partial charge in [0.15, 0.2) is 6.10 Å². The van der Waals surface area contributed by atoms with Crippen LogP contribution in [0.25, 0.3) is 0 Å². The highest BCUT2D eigenvalue weighted by atomic mass is 16.6. The SMILES string of the molecule is CC[C@]1(C(OC(C)=O)[C@@H](COC)OC(C)=O)CC[C@@H]1OC(=O)c1ccccc1. The van der Waals surface area contributed by atoms with Crippen molar-refractivity contribution >= 4 is 17.9 Å². The topological polar surface area (TPSA) is 88.1 Å². The average molecular weight is 392 g/mol. The lowest BCUT2D eigenvalue weighted by Crippen LogP contribution is -2.60. The fourth-order valence-electron chi connectivity index (χ4n) is 3.81. The number of esters is 3. The molecule has 2 rings (SSSR count). The van der Waals surface area contributed by atoms with Crippen LogP contribution in [0.4, 0.5) is 0 Å². The highest BCUT2D eigenvalue weighted by molar-refractivity contribution is 5.89. The van der Waals surface area contributed by atoms with Crippen molar-refractivity contribution in [2.75, 3.05) is 13.7 Å². The van der Waals surface area contributed by atoms with Crippen molar-refractivity contribution in [1.29, 1.82) is 0 Å². The Bertz CT molecular complexity index is 683. The molecule has 0 amide bonds. The van der Waals surface area contributed by atoms with Gasteiger partial charge in [0.1, 0.15) is 12.2 Å². The first-order valence-electron chi connectivity index (χ1n) is 9.43. The molecule has 1 aliphatic rings. The highest BCUT2D eigenvalue weighted by Gasteiger charge is 2.58. The Morgan fingerprint density at radius 3 is 2.21 bits per heavy atom. The number of hydrogen-bond donors (Lipinski definition) is 0. The number of methoxy groups -OCH3 is 1. The molecule has 1 aliphatic carbocycles. The number of ether oxygens (including phenoxy) is 4. The largest absolute Gasteiger partial charge is 0.458 e. The summed E-state index contributed by atoms with van der Waals surface area (Å²) >= 11 is 0. The molecule has 28 heavy (non-hydrogen) atoms. The molecule has 1 aromatic carbocycles. The Morgan fingerprint density at radius 2 is 1.75 bits per heavy atom. The summed E-state index contributed by atoms with van der Waals surface area (Å²) in [5.74, 6) is -1.42. The van der Waals surface area contributed by atoms with Crippen molar-refractivity contribution in [3.63, 3.8) is 0 Å². The maximum absolute atomic E-state index is 12.5. The van der Waals surface area contributed by atoms with Crippen LogP contribution in [-0.2, 0) is 28.5 Å². The van der Waals surface area contributed by atoms with Crippen molar-refractivity contribution in [1.82, 2.24) is 0 Å². The number of carbonyl (C=O) groups is 3. The predicted octanol–water partition coefficient (Wildman–Crippen LogP) is 2.91. The van der Waals surface area contributed by atoms with Gasteiger partial charge in [0.2, 0.25) is 0 Å². The van der Waals surface area contributed by atoms with Crippen LogP contribution in [0.1, 0.15) is 50.4 Å². The Morgan fingerprint density at radius 1 is 1.11 bits per heavy atom. The molecule has 0 aromatic heterocycles. The zero-order chi connectivity index (χ0) is 20.7. The molecule has 0 heterocycles. The monoisotopic (exact) mass is 392 g/mol. The maximum atomic E-state index is 12.5. The molecule has 7 heteroatoms. The van der Waals surface area contributed by atoms with Gasteiger partial charge in [-0.2, -0.15) is 0 Å². The lowest BCUT2D eigenvalue weighted by atomic mass is 9.59. The van der Waals surface area contributed by atoms with Crippen LogP contribution >= 0.6 is 0 Å². The van der Waals surface area contributed by atoms with E-state index in [-0.39, 0.29) is 6.61 Å². The molecule has 0 bridgehead atoms. The summed E-state index contributed by atoms with van der Waals surface area (Å²) in [5.41, 5.74) is -0.189. The summed E-state index contributed by atoms with van der Waals surface area (Å²) in [7, 11) is 1.48. The van der Waals surface area contributed by atoms with Gasteiger partial charge in [-0.05, 0) is 31.4 Å². The molecule has 4 atom stereocenters. The van der Waals surface area contributed by atoms with Gasteiger partial charge in [-0.15, -0.1) is 0 Å². The predicted molar refractivity (Wildman–Crippen MR) is 101 cm³/mol. The summed E-state index contributed by atoms with van der Waals surface area (Å²) in [5, 5.41) is 0. The van der Waals surface area contributed by atoms with Crippen LogP contribution in [0.5, 0.6) is 0 Å². The highest BCUT2D eigenvalue weighted by Crippen LogP contribution is 2.51. The fraction of sp³-hybridized carbons (Fsp3) is 0.571. The minimum absolute atomic E-state index is 0.0681. The normalized spacial score (nSPS) is 23.1. The molecule has 0 spiro atoms. The van der Waals surface area contributed by atoms with Crippen molar-refractivity contribution < 1.29 is 33.3 Å². The first kappa shape index (κ1) is 21.9. The number of benzene rings is 1. The van der Waals surface area contributed by atoms with E-state index in [1.54, 1.807) is 24.3 Å². The zero-order valence-corrected chi connectivity index (χ0v) is 16.8. The Balaban J connectivity index is 2.27. The second-order valence-electron chi connectivity index (χ2n) is 7.02. The van der Waals surface area contributed by atoms with Gasteiger partial charge in [0.25, 0.3) is 0 Å². The summed E-state index contributed by atoms with van der Waals surface area (Å²) < 4.78 is 21.9. The van der Waals surface area contributed by atoms with E-state index in [4.69, 9.17) is 18.9 Å². The quantitative estimate of drug-likeness (QED) is 0.472. The van der Waals surface area contributed by atoms with Gasteiger partial charge < -0.3 is 18.9 Å². The van der Waals surface area contributed by atoms with E-state index in [9.17, 15) is 14.4 Å². The van der Waals surface area contributed by atoms with Crippen molar-refractivity contribution in [3.05, 3.63) is 35.9 Å². The van der Waals surface area contributed by atoms with Crippen LogP contribution in [0.3, 0.4) is 0 Å². The summed E-state index contributed by atoms with van der Waals surface area (Å²) in [6, 6.07) is 8.72. The van der Waals surface area contributed by atoms with Crippen LogP contribution < -0.4 is 0 Å². The third-order valence-electron chi connectivity index (χ3n) is 5.28. The molecule has 154 valence electrons. The van der Waals surface area contributed by atoms with Gasteiger partial charge in [-0.3, -0.25) is 9.59 Å². The molecular weight excluding hydrogens is 364 g/mol. The lowest BCUT2D eigenvalue weighted by molar-refractivity contribution is -0.213. The molecule has 0 saturated heterocycles. The minimum atomic E-state index is -0.787. The van der Waals surface area contributed by atoms with E-state index in [1.807, 2.05) is 13.0 Å². The lowest BCUT2D eigenvalue weighted by Gasteiger charge is -2.53. The molecule has 1 unspecified atom stereocenters. The third kappa shape index (κ3) is 4.90. The zero-order valence-electron chi connectivity index (χ0n) is 16.8. The standard InChI is InChI=1S/C21H28O7/c1-5-21(19(27-15(3)23)17(13-25-4)26-14(2)22)12-11-18(21)28-20(24)16-9-7-6-8-10-16/h6-10,17-19H,5,11-13H2,1-4H3/t17-,18+,19?,21+/m1/s1. The molecular formula is C21H28O7. The van der Waals surface area contributed by atoms with E-state index >= 15 is 0 Å². The van der Waals surface area contributed by atoms with Crippen molar-refractivity contribution in [2.45, 2.75) is 58.3 Å². The first-order chi connectivity index (χ1) is 13.3. The number of hydrogen-bond acceptors (Lipinski definition) is 7. The maximum Gasteiger partial charge on any atom is 0.338 e. The van der Waals surface area contributed by atoms with Crippen molar-refractivity contribution in [2.24, 2.45) is 5.41 Å². The minimum Gasteiger partial charge on any atom is -0.458 e. The molecule has 7 nitrogen and oxygen atoms in total. The first-order valence-corrected chi connectivity index (χ1v) is 9.43. The van der Waals surface area contributed by atoms with Gasteiger partial charge in [0.05, 0.1) is 12.2 Å². The van der Waals surface area contributed by atoms with E-state index in [0.717, 1.165) is 0 Å². The van der Waals surface area contributed by atoms with Crippen LogP contribution in [0, 0.1) is 5.41 Å². The number of rotatable bonds is 9. The smallest absolute Gasteiger partial charge is 0.338 e. The van der Waals surface area contributed by atoms with E-state index in [2.05, 4.69) is 0 Å². The molecule has 1 fully saturated rings. The van der Waals surface area contributed by atoms with Gasteiger partial charge in [-0.25, -0.2) is 4.79 Å². The molecule has 0 N–H and O–H groups in total. The Kier molecular flexibility index (Phi) is 7.57. The second kappa shape index (κ2) is 9.68. The van der Waals surface area contributed by atoms with Crippen LogP contribution in [0.15, 0.2) is 30.3 Å². The third-order valence-corrected chi connectivity index (χ3v) is 5.28. The summed E-state index contributed by atoms with van der Waals surface area (Å²) in [6.45, 7) is 4.60. The van der Waals surface area contributed by atoms with Crippen molar-refractivity contribution in [3.8, 4) is 0 Å². The van der Waals surface area contributed by atoms with Crippen LogP contribution in [-0.4, -0.2) is 49.9 Å². The average Bonchev–Trinajstić information content (AvgIpc) is 2.65. The number of carbonyl (C=O) groups excluding carboxylic acids is 3. The Hall–Kier alpha value is -2.41. The van der Waals surface area contributed by atoms with Crippen LogP contribution in [0.2, 0.25) is 0 Å². The molecule has 0 radical (unpaired) electrons. The summed E-state index contributed by atoms with van der Waals surface area (Å²) in [6.07, 6.45) is -0.117. The Labute approximate surface area is 165 Å². The molecule has 1 saturated carbocycles. The van der Waals surface area contributed by atoms with E-state index < -0.39 is 41.6 Å². The fourth-order valence-corrected chi connectivity index (χ4v) is 3.81. The van der Waals surface area contributed by atoms with E-state index in [0.29, 0.717) is 24.8 Å². The van der Waals surface area contributed by atoms with Gasteiger partial charge >= 0.3 is 17.9 Å². The molecule has 1 aromatic rings. The van der Waals surface area contributed by atoms with Gasteiger partial charge in [-0.1, -0.05) is 25.1 Å². The molecule has 0 aliphatic heterocycles. The van der Waals surface area contributed by atoms with Gasteiger partial charge in [0, 0.05) is 26.4 Å². The summed E-state index contributed by atoms with van der Waals surface area (Å²) in [4.78, 5) is 35.9. The second-order valence-corrected chi connectivity index (χ2v) is 7.02. The van der Waals surface area contributed by atoms with E-state index in [1.165, 1.54) is 21.0 Å².